The Balaban J connectivity index is 1.72. The molecule has 2 aromatic carbocycles. The van der Waals surface area contributed by atoms with Crippen LogP contribution in [-0.2, 0) is 11.2 Å². The maximum Gasteiger partial charge on any atom is 0.280 e. The monoisotopic (exact) mass is 374 g/mol. The smallest absolute Gasteiger partial charge is 0.280 e. The van der Waals surface area contributed by atoms with Gasteiger partial charge in [-0.3, -0.25) is 4.79 Å². The highest BCUT2D eigenvalue weighted by Gasteiger charge is 2.13. The van der Waals surface area contributed by atoms with Crippen molar-refractivity contribution in [3.05, 3.63) is 64.6 Å². The highest BCUT2D eigenvalue weighted by atomic mass is 79.9. The van der Waals surface area contributed by atoms with E-state index in [2.05, 4.69) is 38.6 Å². The van der Waals surface area contributed by atoms with Crippen molar-refractivity contribution >= 4 is 28.1 Å². The van der Waals surface area contributed by atoms with Gasteiger partial charge >= 0.3 is 0 Å². The lowest BCUT2D eigenvalue weighted by atomic mass is 10.1. The van der Waals surface area contributed by atoms with Gasteiger partial charge in [0.25, 0.3) is 5.91 Å². The van der Waals surface area contributed by atoms with Gasteiger partial charge in [-0.25, -0.2) is 5.43 Å². The van der Waals surface area contributed by atoms with Gasteiger partial charge < -0.3 is 4.74 Å². The summed E-state index contributed by atoms with van der Waals surface area (Å²) in [6.07, 6.45) is 2.75. The summed E-state index contributed by atoms with van der Waals surface area (Å²) in [4.78, 5) is 11.9. The van der Waals surface area contributed by atoms with Crippen molar-refractivity contribution in [2.75, 3.05) is 0 Å². The number of hydrogen-bond acceptors (Lipinski definition) is 3. The van der Waals surface area contributed by atoms with Gasteiger partial charge in [-0.1, -0.05) is 52.3 Å². The van der Waals surface area contributed by atoms with Gasteiger partial charge in [-0.15, -0.1) is 0 Å². The van der Waals surface area contributed by atoms with Crippen LogP contribution < -0.4 is 10.2 Å². The maximum atomic E-state index is 11.9. The lowest BCUT2D eigenvalue weighted by Gasteiger charge is -2.12. The minimum Gasteiger partial charge on any atom is -0.481 e. The summed E-state index contributed by atoms with van der Waals surface area (Å²) in [5.74, 6) is 0.357. The fourth-order valence-electron chi connectivity index (χ4n) is 1.94. The third-order valence-electron chi connectivity index (χ3n) is 3.15. The van der Waals surface area contributed by atoms with E-state index in [9.17, 15) is 4.79 Å². The van der Waals surface area contributed by atoms with Gasteiger partial charge in [-0.05, 0) is 43.5 Å². The molecule has 0 saturated carbocycles. The molecule has 23 heavy (non-hydrogen) atoms. The fraction of sp³-hybridized carbons (Fsp3) is 0.222. The first-order valence-corrected chi connectivity index (χ1v) is 8.22. The first kappa shape index (κ1) is 17.2. The van der Waals surface area contributed by atoms with Crippen molar-refractivity contribution < 1.29 is 9.53 Å². The summed E-state index contributed by atoms with van der Waals surface area (Å²) in [5.41, 5.74) is 3.74. The number of amides is 1. The van der Waals surface area contributed by atoms with E-state index in [1.54, 1.807) is 19.2 Å². The Kier molecular flexibility index (Phi) is 6.81. The summed E-state index contributed by atoms with van der Waals surface area (Å²) in [5, 5.41) is 3.95. The van der Waals surface area contributed by atoms with E-state index >= 15 is 0 Å². The number of aryl methyl sites for hydroxylation is 1. The average Bonchev–Trinajstić information content (AvgIpc) is 2.55. The zero-order valence-corrected chi connectivity index (χ0v) is 14.5. The quantitative estimate of drug-likeness (QED) is 0.589. The molecule has 1 N–H and O–H groups in total. The molecule has 0 aliphatic rings. The molecule has 0 bridgehead atoms. The predicted octanol–water partition coefficient (Wildman–Crippen LogP) is 3.95. The van der Waals surface area contributed by atoms with Gasteiger partial charge in [-0.2, -0.15) is 5.10 Å². The Morgan fingerprint density at radius 1 is 1.26 bits per heavy atom. The van der Waals surface area contributed by atoms with Crippen molar-refractivity contribution in [2.24, 2.45) is 5.10 Å². The highest BCUT2D eigenvalue weighted by Crippen LogP contribution is 2.18. The molecule has 2 rings (SSSR count). The molecule has 1 amide bonds. The summed E-state index contributed by atoms with van der Waals surface area (Å²) in [6.45, 7) is 1.69. The largest absolute Gasteiger partial charge is 0.481 e. The number of hydrazone groups is 1. The van der Waals surface area contributed by atoms with E-state index in [-0.39, 0.29) is 5.91 Å². The number of hydrogen-bond donors (Lipinski definition) is 1. The van der Waals surface area contributed by atoms with Gasteiger partial charge in [0.05, 0.1) is 0 Å². The van der Waals surface area contributed by atoms with Crippen LogP contribution in [0.2, 0.25) is 0 Å². The SMILES string of the molecule is C[C@@H](Oc1cccc(Br)c1)C(=O)N/N=C\CCc1ccccc1. The second kappa shape index (κ2) is 9.10. The zero-order valence-electron chi connectivity index (χ0n) is 12.9. The number of nitrogens with one attached hydrogen (secondary N) is 1. The number of carbonyl (C=O) groups excluding carboxylic acids is 1. The van der Waals surface area contributed by atoms with E-state index in [4.69, 9.17) is 4.74 Å². The summed E-state index contributed by atoms with van der Waals surface area (Å²) in [7, 11) is 0. The molecule has 0 saturated heterocycles. The van der Waals surface area contributed by atoms with Crippen LogP contribution in [0.15, 0.2) is 64.2 Å². The molecule has 0 aliphatic heterocycles. The van der Waals surface area contributed by atoms with Crippen LogP contribution in [0.4, 0.5) is 0 Å². The molecule has 1 atom stereocenters. The van der Waals surface area contributed by atoms with Gasteiger partial charge in [0.2, 0.25) is 0 Å². The average molecular weight is 375 g/mol. The molecule has 0 heterocycles. The highest BCUT2D eigenvalue weighted by molar-refractivity contribution is 9.10. The Bertz CT molecular complexity index is 659. The fourth-order valence-corrected chi connectivity index (χ4v) is 2.32. The minimum absolute atomic E-state index is 0.277. The second-order valence-corrected chi connectivity index (χ2v) is 5.95. The van der Waals surface area contributed by atoms with E-state index in [0.717, 1.165) is 17.3 Å². The Morgan fingerprint density at radius 3 is 2.78 bits per heavy atom. The van der Waals surface area contributed by atoms with Crippen LogP contribution in [0.3, 0.4) is 0 Å². The van der Waals surface area contributed by atoms with Gasteiger partial charge in [0.1, 0.15) is 5.75 Å². The van der Waals surface area contributed by atoms with Crippen LogP contribution in [0.25, 0.3) is 0 Å². The van der Waals surface area contributed by atoms with E-state index in [1.165, 1.54) is 5.56 Å². The number of nitrogens with zero attached hydrogens (tertiary/aromatic N) is 1. The van der Waals surface area contributed by atoms with Crippen LogP contribution in [-0.4, -0.2) is 18.2 Å². The Morgan fingerprint density at radius 2 is 2.04 bits per heavy atom. The predicted molar refractivity (Wildman–Crippen MR) is 95.6 cm³/mol. The van der Waals surface area contributed by atoms with Crippen molar-refractivity contribution in [3.8, 4) is 5.75 Å². The third kappa shape index (κ3) is 6.24. The lowest BCUT2D eigenvalue weighted by Crippen LogP contribution is -2.33. The van der Waals surface area contributed by atoms with Crippen LogP contribution in [0.1, 0.15) is 18.9 Å². The van der Waals surface area contributed by atoms with Crippen LogP contribution in [0.5, 0.6) is 5.75 Å². The summed E-state index contributed by atoms with van der Waals surface area (Å²) < 4.78 is 6.47. The first-order chi connectivity index (χ1) is 11.1. The molecular formula is C18H19BrN2O2. The zero-order chi connectivity index (χ0) is 16.5. The molecule has 2 aromatic rings. The first-order valence-electron chi connectivity index (χ1n) is 7.42. The van der Waals surface area contributed by atoms with Crippen molar-refractivity contribution in [1.29, 1.82) is 0 Å². The molecule has 0 aromatic heterocycles. The molecule has 0 aliphatic carbocycles. The molecule has 120 valence electrons. The van der Waals surface area contributed by atoms with Crippen molar-refractivity contribution in [1.82, 2.24) is 5.43 Å². The van der Waals surface area contributed by atoms with E-state index < -0.39 is 6.10 Å². The van der Waals surface area contributed by atoms with Gasteiger partial charge in [0.15, 0.2) is 6.10 Å². The minimum atomic E-state index is -0.615. The molecule has 0 radical (unpaired) electrons. The summed E-state index contributed by atoms with van der Waals surface area (Å²) >= 11 is 3.36. The topological polar surface area (TPSA) is 50.7 Å². The standard InChI is InChI=1S/C18H19BrN2O2/c1-14(23-17-11-5-10-16(19)13-17)18(22)21-20-12-6-9-15-7-3-2-4-8-15/h2-5,7-8,10-14H,6,9H2,1H3,(H,21,22)/b20-12-/t14-/m1/s1. The van der Waals surface area contributed by atoms with Crippen molar-refractivity contribution in [2.45, 2.75) is 25.9 Å². The molecular weight excluding hydrogens is 356 g/mol. The number of carbonyl (C=O) groups is 1. The number of rotatable bonds is 7. The number of benzene rings is 2. The third-order valence-corrected chi connectivity index (χ3v) is 3.64. The Labute approximate surface area is 144 Å². The van der Waals surface area contributed by atoms with Crippen LogP contribution in [0, 0.1) is 0 Å². The Hall–Kier alpha value is -2.14. The molecule has 0 spiro atoms. The normalized spacial score (nSPS) is 12.1. The second-order valence-electron chi connectivity index (χ2n) is 5.03. The summed E-state index contributed by atoms with van der Waals surface area (Å²) in [6, 6.07) is 17.5. The number of ether oxygens (including phenoxy) is 1. The maximum absolute atomic E-state index is 11.9. The molecule has 0 unspecified atom stereocenters. The van der Waals surface area contributed by atoms with Crippen molar-refractivity contribution in [3.63, 3.8) is 0 Å². The lowest BCUT2D eigenvalue weighted by molar-refractivity contribution is -0.127. The molecule has 0 fully saturated rings. The van der Waals surface area contributed by atoms with E-state index in [0.29, 0.717) is 5.75 Å². The molecule has 5 heteroatoms. The molecule has 4 nitrogen and oxygen atoms in total. The van der Waals surface area contributed by atoms with Crippen LogP contribution >= 0.6 is 15.9 Å². The number of halogens is 1. The van der Waals surface area contributed by atoms with Gasteiger partial charge in [0, 0.05) is 10.7 Å². The van der Waals surface area contributed by atoms with E-state index in [1.807, 2.05) is 36.4 Å².